The Morgan fingerprint density at radius 3 is 2.81 bits per heavy atom. The van der Waals surface area contributed by atoms with Gasteiger partial charge in [-0.1, -0.05) is 25.1 Å². The summed E-state index contributed by atoms with van der Waals surface area (Å²) in [6, 6.07) is 10.3. The maximum absolute atomic E-state index is 12.0. The van der Waals surface area contributed by atoms with E-state index in [4.69, 9.17) is 0 Å². The molecule has 0 aliphatic rings. The second-order valence-corrected chi connectivity index (χ2v) is 6.45. The molecule has 0 saturated carbocycles. The lowest BCUT2D eigenvalue weighted by atomic mass is 10.4. The lowest BCUT2D eigenvalue weighted by Crippen LogP contribution is -2.24. The minimum Gasteiger partial charge on any atom is -0.382 e. The Labute approximate surface area is 137 Å². The average Bonchev–Trinajstić information content (AvgIpc) is 2.51. The fourth-order valence-corrected chi connectivity index (χ4v) is 3.07. The van der Waals surface area contributed by atoms with Crippen molar-refractivity contribution in [1.82, 2.24) is 9.78 Å². The molecule has 0 aliphatic heterocycles. The van der Waals surface area contributed by atoms with E-state index in [1.807, 2.05) is 25.1 Å². The van der Waals surface area contributed by atoms with Crippen LogP contribution >= 0.6 is 27.7 Å². The molecule has 1 N–H and O–H groups in total. The summed E-state index contributed by atoms with van der Waals surface area (Å²) in [5.41, 5.74) is 0.665. The molecule has 2 aromatic rings. The second kappa shape index (κ2) is 8.24. The summed E-state index contributed by atoms with van der Waals surface area (Å²) in [6.07, 6.45) is 2.59. The second-order valence-electron chi connectivity index (χ2n) is 4.49. The molecule has 0 bridgehead atoms. The van der Waals surface area contributed by atoms with E-state index in [1.165, 1.54) is 9.58 Å². The molecule has 0 spiro atoms. The van der Waals surface area contributed by atoms with Gasteiger partial charge >= 0.3 is 0 Å². The van der Waals surface area contributed by atoms with Crippen molar-refractivity contribution in [3.05, 3.63) is 51.4 Å². The highest BCUT2D eigenvalue weighted by Gasteiger charge is 2.07. The number of anilines is 1. The summed E-state index contributed by atoms with van der Waals surface area (Å²) in [4.78, 5) is 13.3. The van der Waals surface area contributed by atoms with Gasteiger partial charge in [0.05, 0.1) is 11.9 Å². The molecule has 112 valence electrons. The van der Waals surface area contributed by atoms with Crippen molar-refractivity contribution in [2.24, 2.45) is 0 Å². The van der Waals surface area contributed by atoms with Crippen LogP contribution in [0.25, 0.3) is 0 Å². The molecule has 21 heavy (non-hydrogen) atoms. The molecule has 0 aliphatic carbocycles. The lowest BCUT2D eigenvalue weighted by Gasteiger charge is -2.10. The number of nitrogens with zero attached hydrogens (tertiary/aromatic N) is 2. The molecule has 0 radical (unpaired) electrons. The number of aryl methyl sites for hydroxylation is 1. The van der Waals surface area contributed by atoms with Crippen LogP contribution in [0.1, 0.15) is 13.3 Å². The number of nitrogens with one attached hydrogen (secondary N) is 1. The quantitative estimate of drug-likeness (QED) is 0.599. The molecule has 0 amide bonds. The van der Waals surface area contributed by atoms with E-state index in [-0.39, 0.29) is 5.56 Å². The number of hydrogen-bond donors (Lipinski definition) is 1. The zero-order valence-electron chi connectivity index (χ0n) is 11.9. The maximum atomic E-state index is 12.0. The normalized spacial score (nSPS) is 10.6. The highest BCUT2D eigenvalue weighted by molar-refractivity contribution is 9.10. The molecule has 2 rings (SSSR count). The smallest absolute Gasteiger partial charge is 0.283 e. The van der Waals surface area contributed by atoms with Crippen LogP contribution in [0.4, 0.5) is 5.69 Å². The Hall–Kier alpha value is -1.27. The standard InChI is InChI=1S/C15H18BrN3OS/c1-2-9-19-15(20)14(16)13(11-18-19)17-8-10-21-12-6-4-3-5-7-12/h3-7,11,17H,2,8-10H2,1H3. The van der Waals surface area contributed by atoms with Crippen molar-refractivity contribution in [1.29, 1.82) is 0 Å². The number of thioether (sulfide) groups is 1. The van der Waals surface area contributed by atoms with Gasteiger partial charge < -0.3 is 5.32 Å². The predicted octanol–water partition coefficient (Wildman–Crippen LogP) is 3.62. The van der Waals surface area contributed by atoms with Crippen molar-refractivity contribution in [3.8, 4) is 0 Å². The molecule has 1 heterocycles. The molecular weight excluding hydrogens is 350 g/mol. The van der Waals surface area contributed by atoms with Gasteiger partial charge in [-0.2, -0.15) is 5.10 Å². The van der Waals surface area contributed by atoms with Crippen LogP contribution in [0.5, 0.6) is 0 Å². The third-order valence-corrected chi connectivity index (χ3v) is 4.63. The van der Waals surface area contributed by atoms with E-state index in [0.717, 1.165) is 24.4 Å². The van der Waals surface area contributed by atoms with Gasteiger partial charge in [-0.05, 0) is 34.5 Å². The maximum Gasteiger partial charge on any atom is 0.283 e. The van der Waals surface area contributed by atoms with Crippen molar-refractivity contribution in [2.45, 2.75) is 24.8 Å². The van der Waals surface area contributed by atoms with Crippen LogP contribution in [-0.4, -0.2) is 22.1 Å². The zero-order chi connectivity index (χ0) is 15.1. The van der Waals surface area contributed by atoms with E-state index in [0.29, 0.717) is 11.0 Å². The van der Waals surface area contributed by atoms with Crippen LogP contribution in [0.15, 0.2) is 50.7 Å². The van der Waals surface area contributed by atoms with Crippen LogP contribution in [0.2, 0.25) is 0 Å². The summed E-state index contributed by atoms with van der Waals surface area (Å²) in [7, 11) is 0. The van der Waals surface area contributed by atoms with Gasteiger partial charge in [0.2, 0.25) is 0 Å². The number of halogens is 1. The topological polar surface area (TPSA) is 46.9 Å². The highest BCUT2D eigenvalue weighted by atomic mass is 79.9. The van der Waals surface area contributed by atoms with E-state index in [1.54, 1.807) is 18.0 Å². The molecule has 1 aromatic heterocycles. The summed E-state index contributed by atoms with van der Waals surface area (Å²) >= 11 is 5.13. The predicted molar refractivity (Wildman–Crippen MR) is 92.1 cm³/mol. The SMILES string of the molecule is CCCn1ncc(NCCSc2ccccc2)c(Br)c1=O. The van der Waals surface area contributed by atoms with Crippen LogP contribution in [0.3, 0.4) is 0 Å². The van der Waals surface area contributed by atoms with Crippen molar-refractivity contribution in [2.75, 3.05) is 17.6 Å². The first-order valence-corrected chi connectivity index (χ1v) is 8.67. The van der Waals surface area contributed by atoms with Gasteiger partial charge in [-0.25, -0.2) is 4.68 Å². The lowest BCUT2D eigenvalue weighted by molar-refractivity contribution is 0.566. The monoisotopic (exact) mass is 367 g/mol. The Kier molecular flexibility index (Phi) is 6.32. The zero-order valence-corrected chi connectivity index (χ0v) is 14.3. The first-order chi connectivity index (χ1) is 10.2. The fraction of sp³-hybridized carbons (Fsp3) is 0.333. The van der Waals surface area contributed by atoms with Crippen LogP contribution in [-0.2, 0) is 6.54 Å². The van der Waals surface area contributed by atoms with Crippen LogP contribution in [0, 0.1) is 0 Å². The largest absolute Gasteiger partial charge is 0.382 e. The fourth-order valence-electron chi connectivity index (χ4n) is 1.83. The van der Waals surface area contributed by atoms with Crippen molar-refractivity contribution < 1.29 is 0 Å². The highest BCUT2D eigenvalue weighted by Crippen LogP contribution is 2.19. The number of benzene rings is 1. The third kappa shape index (κ3) is 4.61. The molecule has 1 aromatic carbocycles. The number of aromatic nitrogens is 2. The summed E-state index contributed by atoms with van der Waals surface area (Å²) < 4.78 is 2.03. The van der Waals surface area contributed by atoms with Crippen molar-refractivity contribution >= 4 is 33.4 Å². The van der Waals surface area contributed by atoms with E-state index >= 15 is 0 Å². The first-order valence-electron chi connectivity index (χ1n) is 6.89. The van der Waals surface area contributed by atoms with E-state index < -0.39 is 0 Å². The van der Waals surface area contributed by atoms with Gasteiger partial charge in [0, 0.05) is 23.7 Å². The number of hydrogen-bond acceptors (Lipinski definition) is 4. The minimum atomic E-state index is -0.0856. The van der Waals surface area contributed by atoms with Gasteiger partial charge in [0.25, 0.3) is 5.56 Å². The van der Waals surface area contributed by atoms with Crippen molar-refractivity contribution in [3.63, 3.8) is 0 Å². The van der Waals surface area contributed by atoms with Gasteiger partial charge in [0.1, 0.15) is 4.47 Å². The van der Waals surface area contributed by atoms with Gasteiger partial charge in [0.15, 0.2) is 0 Å². The molecule has 0 unspecified atom stereocenters. The Morgan fingerprint density at radius 2 is 2.10 bits per heavy atom. The van der Waals surface area contributed by atoms with Crippen LogP contribution < -0.4 is 10.9 Å². The Balaban J connectivity index is 1.89. The first kappa shape index (κ1) is 16.1. The molecule has 6 heteroatoms. The summed E-state index contributed by atoms with van der Waals surface area (Å²) in [5.74, 6) is 0.925. The number of rotatable bonds is 7. The Bertz CT molecular complexity index is 631. The Morgan fingerprint density at radius 1 is 1.33 bits per heavy atom. The molecule has 0 atom stereocenters. The minimum absolute atomic E-state index is 0.0856. The molecule has 4 nitrogen and oxygen atoms in total. The van der Waals surface area contributed by atoms with E-state index in [9.17, 15) is 4.79 Å². The summed E-state index contributed by atoms with van der Waals surface area (Å²) in [5, 5.41) is 7.42. The van der Waals surface area contributed by atoms with E-state index in [2.05, 4.69) is 38.5 Å². The molecule has 0 saturated heterocycles. The molecule has 0 fully saturated rings. The third-order valence-electron chi connectivity index (χ3n) is 2.85. The molecular formula is C15H18BrN3OS. The average molecular weight is 368 g/mol. The van der Waals surface area contributed by atoms with Gasteiger partial charge in [-0.3, -0.25) is 4.79 Å². The van der Waals surface area contributed by atoms with Gasteiger partial charge in [-0.15, -0.1) is 11.8 Å². The summed E-state index contributed by atoms with van der Waals surface area (Å²) in [6.45, 7) is 3.44.